The molecule has 2 aromatic rings. The summed E-state index contributed by atoms with van der Waals surface area (Å²) in [5, 5.41) is 11.3. The molecule has 1 aromatic carbocycles. The summed E-state index contributed by atoms with van der Waals surface area (Å²) in [6.45, 7) is 1.11. The second-order valence-corrected chi connectivity index (χ2v) is 7.46. The number of aryl methyl sites for hydroxylation is 1. The molecular formula is C21H25N3O2. The molecule has 0 amide bonds. The van der Waals surface area contributed by atoms with Crippen molar-refractivity contribution in [3.05, 3.63) is 48.0 Å². The predicted molar refractivity (Wildman–Crippen MR) is 99.5 cm³/mol. The van der Waals surface area contributed by atoms with Crippen LogP contribution in [-0.2, 0) is 19.2 Å². The van der Waals surface area contributed by atoms with Crippen molar-refractivity contribution in [2.24, 2.45) is 7.05 Å². The second kappa shape index (κ2) is 6.79. The fraction of sp³-hybridized carbons (Fsp3) is 0.476. The predicted octanol–water partition coefficient (Wildman–Crippen LogP) is 2.45. The maximum absolute atomic E-state index is 11.3. The first-order valence-electron chi connectivity index (χ1n) is 9.21. The molecule has 2 saturated heterocycles. The number of terminal acetylenes is 1. The Hall–Kier alpha value is -2.29. The summed E-state index contributed by atoms with van der Waals surface area (Å²) >= 11 is 0. The first-order chi connectivity index (χ1) is 12.6. The Morgan fingerprint density at radius 1 is 1.31 bits per heavy atom. The van der Waals surface area contributed by atoms with Gasteiger partial charge >= 0.3 is 0 Å². The molecule has 3 heterocycles. The van der Waals surface area contributed by atoms with E-state index < -0.39 is 5.60 Å². The fourth-order valence-corrected chi connectivity index (χ4v) is 4.66. The van der Waals surface area contributed by atoms with Gasteiger partial charge in [-0.3, -0.25) is 4.90 Å². The molecular weight excluding hydrogens is 326 g/mol. The smallest absolute Gasteiger partial charge is 0.148 e. The Bertz CT molecular complexity index is 809. The van der Waals surface area contributed by atoms with Crippen LogP contribution >= 0.6 is 0 Å². The maximum atomic E-state index is 11.3. The number of rotatable bonds is 5. The van der Waals surface area contributed by atoms with E-state index in [0.29, 0.717) is 12.1 Å². The standard InChI is InChI=1S/C21H25N3O2/c1-3-12-26-19-7-5-4-6-16(19)15-24-17-8-9-18(24)14-21(25,13-17)20-22-10-11-23(20)2/h1,4-7,10-11,17-18,25H,8-9,12-15H2,2H3/t17-,18-/m1/s1. The first kappa shape index (κ1) is 17.1. The van der Waals surface area contributed by atoms with Crippen LogP contribution in [0.1, 0.15) is 37.1 Å². The van der Waals surface area contributed by atoms with Crippen LogP contribution in [0.5, 0.6) is 5.75 Å². The van der Waals surface area contributed by atoms with E-state index in [1.807, 2.05) is 36.0 Å². The van der Waals surface area contributed by atoms with Crippen molar-refractivity contribution in [3.8, 4) is 18.1 Å². The molecule has 1 aromatic heterocycles. The van der Waals surface area contributed by atoms with Gasteiger partial charge in [-0.2, -0.15) is 0 Å². The van der Waals surface area contributed by atoms with Gasteiger partial charge in [-0.15, -0.1) is 6.42 Å². The molecule has 5 heteroatoms. The van der Waals surface area contributed by atoms with Gasteiger partial charge in [0.15, 0.2) is 0 Å². The number of hydrogen-bond donors (Lipinski definition) is 1. The van der Waals surface area contributed by atoms with Crippen LogP contribution in [0.15, 0.2) is 36.7 Å². The highest BCUT2D eigenvalue weighted by molar-refractivity contribution is 5.34. The first-order valence-corrected chi connectivity index (χ1v) is 9.21. The number of aliphatic hydroxyl groups is 1. The highest BCUT2D eigenvalue weighted by Gasteiger charge is 2.49. The number of para-hydroxylation sites is 1. The SMILES string of the molecule is C#CCOc1ccccc1CN1[C@@H]2CC[C@@H]1CC(O)(c1nccn1C)C2. The van der Waals surface area contributed by atoms with Crippen LogP contribution in [0.4, 0.5) is 0 Å². The lowest BCUT2D eigenvalue weighted by Gasteiger charge is -2.43. The highest BCUT2D eigenvalue weighted by atomic mass is 16.5. The molecule has 2 bridgehead atoms. The zero-order valence-corrected chi connectivity index (χ0v) is 15.1. The highest BCUT2D eigenvalue weighted by Crippen LogP contribution is 2.46. The van der Waals surface area contributed by atoms with E-state index in [0.717, 1.165) is 49.4 Å². The number of fused-ring (bicyclic) bond motifs is 2. The Labute approximate surface area is 154 Å². The number of aromatic nitrogens is 2. The van der Waals surface area contributed by atoms with Gasteiger partial charge in [0.05, 0.1) is 0 Å². The molecule has 2 atom stereocenters. The van der Waals surface area contributed by atoms with Crippen molar-refractivity contribution in [1.29, 1.82) is 0 Å². The average molecular weight is 351 g/mol. The van der Waals surface area contributed by atoms with Gasteiger partial charge in [0.1, 0.15) is 23.8 Å². The molecule has 0 unspecified atom stereocenters. The fourth-order valence-electron chi connectivity index (χ4n) is 4.66. The van der Waals surface area contributed by atoms with E-state index in [4.69, 9.17) is 11.2 Å². The zero-order valence-electron chi connectivity index (χ0n) is 15.1. The third kappa shape index (κ3) is 3.00. The van der Waals surface area contributed by atoms with Crippen molar-refractivity contribution in [3.63, 3.8) is 0 Å². The molecule has 5 nitrogen and oxygen atoms in total. The number of imidazole rings is 1. The Kier molecular flexibility index (Phi) is 4.47. The Balaban J connectivity index is 1.53. The van der Waals surface area contributed by atoms with Crippen molar-refractivity contribution >= 4 is 0 Å². The molecule has 0 spiro atoms. The number of ether oxygens (including phenoxy) is 1. The Morgan fingerprint density at radius 2 is 2.04 bits per heavy atom. The van der Waals surface area contributed by atoms with Crippen molar-refractivity contribution < 1.29 is 9.84 Å². The van der Waals surface area contributed by atoms with Gasteiger partial charge < -0.3 is 14.4 Å². The van der Waals surface area contributed by atoms with Gasteiger partial charge in [-0.1, -0.05) is 24.1 Å². The quantitative estimate of drug-likeness (QED) is 0.841. The van der Waals surface area contributed by atoms with Crippen LogP contribution in [-0.4, -0.2) is 38.2 Å². The molecule has 0 aliphatic carbocycles. The molecule has 4 rings (SSSR count). The molecule has 0 radical (unpaired) electrons. The molecule has 1 N–H and O–H groups in total. The summed E-state index contributed by atoms with van der Waals surface area (Å²) in [5.41, 5.74) is 0.321. The normalized spacial score (nSPS) is 28.0. The lowest BCUT2D eigenvalue weighted by atomic mass is 9.85. The molecule has 2 aliphatic heterocycles. The van der Waals surface area contributed by atoms with Crippen LogP contribution in [0, 0.1) is 12.3 Å². The summed E-state index contributed by atoms with van der Waals surface area (Å²) in [5.74, 6) is 4.17. The Morgan fingerprint density at radius 3 is 2.69 bits per heavy atom. The summed E-state index contributed by atoms with van der Waals surface area (Å²) in [6.07, 6.45) is 12.7. The summed E-state index contributed by atoms with van der Waals surface area (Å²) in [4.78, 5) is 6.94. The molecule has 26 heavy (non-hydrogen) atoms. The summed E-state index contributed by atoms with van der Waals surface area (Å²) in [7, 11) is 1.95. The van der Waals surface area contributed by atoms with Crippen LogP contribution < -0.4 is 4.74 Å². The summed E-state index contributed by atoms with van der Waals surface area (Å²) < 4.78 is 7.65. The van der Waals surface area contributed by atoms with E-state index in [-0.39, 0.29) is 6.61 Å². The minimum atomic E-state index is -0.833. The minimum absolute atomic E-state index is 0.281. The van der Waals surface area contributed by atoms with Gasteiger partial charge in [0, 0.05) is 43.6 Å². The number of piperidine rings is 1. The van der Waals surface area contributed by atoms with E-state index in [9.17, 15) is 5.11 Å². The van der Waals surface area contributed by atoms with Crippen molar-refractivity contribution in [1.82, 2.24) is 14.5 Å². The van der Waals surface area contributed by atoms with Crippen molar-refractivity contribution in [2.45, 2.75) is 49.9 Å². The molecule has 2 fully saturated rings. The third-order valence-electron chi connectivity index (χ3n) is 5.79. The molecule has 0 saturated carbocycles. The zero-order chi connectivity index (χ0) is 18.1. The van der Waals surface area contributed by atoms with E-state index in [2.05, 4.69) is 21.9 Å². The molecule has 2 aliphatic rings. The lowest BCUT2D eigenvalue weighted by molar-refractivity contribution is -0.0670. The largest absolute Gasteiger partial charge is 0.481 e. The van der Waals surface area contributed by atoms with Gasteiger partial charge in [0.25, 0.3) is 0 Å². The number of nitrogens with zero attached hydrogens (tertiary/aromatic N) is 3. The van der Waals surface area contributed by atoms with Gasteiger partial charge in [0.2, 0.25) is 0 Å². The summed E-state index contributed by atoms with van der Waals surface area (Å²) in [6, 6.07) is 8.80. The second-order valence-electron chi connectivity index (χ2n) is 7.46. The average Bonchev–Trinajstić information content (AvgIpc) is 3.17. The van der Waals surface area contributed by atoms with Crippen LogP contribution in [0.25, 0.3) is 0 Å². The van der Waals surface area contributed by atoms with Crippen LogP contribution in [0.2, 0.25) is 0 Å². The van der Waals surface area contributed by atoms with Crippen LogP contribution in [0.3, 0.4) is 0 Å². The lowest BCUT2D eigenvalue weighted by Crippen LogP contribution is -2.50. The third-order valence-corrected chi connectivity index (χ3v) is 5.79. The number of benzene rings is 1. The van der Waals surface area contributed by atoms with E-state index >= 15 is 0 Å². The number of hydrogen-bond acceptors (Lipinski definition) is 4. The van der Waals surface area contributed by atoms with E-state index in [1.165, 1.54) is 0 Å². The van der Waals surface area contributed by atoms with E-state index in [1.54, 1.807) is 6.20 Å². The van der Waals surface area contributed by atoms with Gasteiger partial charge in [-0.25, -0.2) is 4.98 Å². The van der Waals surface area contributed by atoms with Crippen molar-refractivity contribution in [2.75, 3.05) is 6.61 Å². The minimum Gasteiger partial charge on any atom is -0.481 e. The maximum Gasteiger partial charge on any atom is 0.148 e. The topological polar surface area (TPSA) is 50.5 Å². The monoisotopic (exact) mass is 351 g/mol. The molecule has 136 valence electrons. The van der Waals surface area contributed by atoms with Gasteiger partial charge in [-0.05, 0) is 31.7 Å².